The number of hydrogen-bond donors (Lipinski definition) is 2. The Morgan fingerprint density at radius 1 is 1.19 bits per heavy atom. The van der Waals surface area contributed by atoms with Crippen molar-refractivity contribution in [1.29, 1.82) is 0 Å². The molecule has 3 aromatic rings. The van der Waals surface area contributed by atoms with E-state index in [0.29, 0.717) is 24.2 Å². The summed E-state index contributed by atoms with van der Waals surface area (Å²) in [5, 5.41) is 18.0. The molecule has 0 radical (unpaired) electrons. The van der Waals surface area contributed by atoms with Crippen molar-refractivity contribution >= 4 is 5.91 Å². The zero-order chi connectivity index (χ0) is 19.0. The first-order chi connectivity index (χ1) is 12.9. The molecule has 1 aliphatic carbocycles. The van der Waals surface area contributed by atoms with Crippen LogP contribution in [-0.2, 0) is 19.9 Å². The van der Waals surface area contributed by atoms with E-state index in [9.17, 15) is 14.3 Å². The Balaban J connectivity index is 1.45. The Hall–Kier alpha value is -2.99. The van der Waals surface area contributed by atoms with Crippen molar-refractivity contribution in [1.82, 2.24) is 15.1 Å². The highest BCUT2D eigenvalue weighted by Crippen LogP contribution is 2.29. The first kappa shape index (κ1) is 17.4. The molecule has 0 spiro atoms. The number of aliphatic hydroxyl groups is 1. The van der Waals surface area contributed by atoms with Crippen LogP contribution in [0.2, 0.25) is 0 Å². The smallest absolute Gasteiger partial charge is 0.269 e. The number of aryl methyl sites for hydroxylation is 1. The van der Waals surface area contributed by atoms with Crippen molar-refractivity contribution in [3.05, 3.63) is 77.2 Å². The Morgan fingerprint density at radius 2 is 1.81 bits per heavy atom. The van der Waals surface area contributed by atoms with Crippen LogP contribution >= 0.6 is 0 Å². The summed E-state index contributed by atoms with van der Waals surface area (Å²) in [6.45, 7) is 0.164. The molecule has 27 heavy (non-hydrogen) atoms. The highest BCUT2D eigenvalue weighted by atomic mass is 19.1. The summed E-state index contributed by atoms with van der Waals surface area (Å²) < 4.78 is 14.6. The fourth-order valence-electron chi connectivity index (χ4n) is 3.58. The fraction of sp³-hybridized carbons (Fsp3) is 0.238. The molecule has 0 saturated heterocycles. The molecule has 4 rings (SSSR count). The van der Waals surface area contributed by atoms with E-state index >= 15 is 0 Å². The van der Waals surface area contributed by atoms with Gasteiger partial charge in [-0.05, 0) is 41.5 Å². The molecule has 0 bridgehead atoms. The molecule has 0 fully saturated rings. The molecule has 1 aliphatic rings. The number of fused-ring (bicyclic) bond motifs is 1. The van der Waals surface area contributed by atoms with E-state index < -0.39 is 5.60 Å². The number of carbonyl (C=O) groups is 1. The largest absolute Gasteiger partial charge is 0.387 e. The van der Waals surface area contributed by atoms with Crippen molar-refractivity contribution < 1.29 is 14.3 Å². The third-order valence-electron chi connectivity index (χ3n) is 4.99. The summed E-state index contributed by atoms with van der Waals surface area (Å²) in [5.41, 5.74) is 2.97. The summed E-state index contributed by atoms with van der Waals surface area (Å²) in [7, 11) is 1.68. The third-order valence-corrected chi connectivity index (χ3v) is 4.99. The Bertz CT molecular complexity index is 970. The van der Waals surface area contributed by atoms with Gasteiger partial charge in [-0.25, -0.2) is 4.39 Å². The maximum atomic E-state index is 13.1. The first-order valence-corrected chi connectivity index (χ1v) is 8.81. The highest BCUT2D eigenvalue weighted by molar-refractivity contribution is 5.93. The van der Waals surface area contributed by atoms with Crippen LogP contribution in [0.3, 0.4) is 0 Å². The van der Waals surface area contributed by atoms with Crippen LogP contribution in [0.1, 0.15) is 21.6 Å². The molecular weight excluding hydrogens is 345 g/mol. The van der Waals surface area contributed by atoms with Gasteiger partial charge in [0.15, 0.2) is 0 Å². The van der Waals surface area contributed by atoms with E-state index in [-0.39, 0.29) is 18.3 Å². The summed E-state index contributed by atoms with van der Waals surface area (Å²) in [6, 6.07) is 15.5. The van der Waals surface area contributed by atoms with E-state index in [1.807, 2.05) is 24.3 Å². The van der Waals surface area contributed by atoms with Gasteiger partial charge < -0.3 is 10.4 Å². The highest BCUT2D eigenvalue weighted by Gasteiger charge is 2.35. The minimum atomic E-state index is -0.974. The number of halogens is 1. The van der Waals surface area contributed by atoms with Gasteiger partial charge in [-0.3, -0.25) is 9.48 Å². The van der Waals surface area contributed by atoms with E-state index in [1.165, 1.54) is 16.8 Å². The minimum absolute atomic E-state index is 0.164. The standard InChI is InChI=1S/C21H20FN3O2/c1-25-19(10-18(24-25)14-6-8-17(22)9-7-14)20(26)23-13-21(27)11-15-4-2-3-5-16(15)12-21/h2-10,27H,11-13H2,1H3,(H,23,26). The Labute approximate surface area is 156 Å². The molecule has 5 nitrogen and oxygen atoms in total. The quantitative estimate of drug-likeness (QED) is 0.746. The number of rotatable bonds is 4. The van der Waals surface area contributed by atoms with Crippen LogP contribution in [0, 0.1) is 5.82 Å². The molecule has 1 aromatic heterocycles. The normalized spacial score (nSPS) is 14.8. The van der Waals surface area contributed by atoms with E-state index in [4.69, 9.17) is 0 Å². The molecular formula is C21H20FN3O2. The molecule has 0 unspecified atom stereocenters. The van der Waals surface area contributed by atoms with Crippen molar-refractivity contribution in [3.63, 3.8) is 0 Å². The van der Waals surface area contributed by atoms with Gasteiger partial charge in [0.05, 0.1) is 11.3 Å². The van der Waals surface area contributed by atoms with Crippen molar-refractivity contribution in [2.75, 3.05) is 6.54 Å². The van der Waals surface area contributed by atoms with Crippen LogP contribution in [0.5, 0.6) is 0 Å². The molecule has 138 valence electrons. The SMILES string of the molecule is Cn1nc(-c2ccc(F)cc2)cc1C(=O)NCC1(O)Cc2ccccc2C1. The predicted molar refractivity (Wildman–Crippen MR) is 99.7 cm³/mol. The fourth-order valence-corrected chi connectivity index (χ4v) is 3.58. The number of nitrogens with zero attached hydrogens (tertiary/aromatic N) is 2. The molecule has 2 aromatic carbocycles. The van der Waals surface area contributed by atoms with Gasteiger partial charge in [-0.2, -0.15) is 5.10 Å². The van der Waals surface area contributed by atoms with Crippen LogP contribution in [0.25, 0.3) is 11.3 Å². The second-order valence-electron chi connectivity index (χ2n) is 7.07. The van der Waals surface area contributed by atoms with Gasteiger partial charge in [0.1, 0.15) is 11.5 Å². The van der Waals surface area contributed by atoms with Crippen LogP contribution < -0.4 is 5.32 Å². The monoisotopic (exact) mass is 365 g/mol. The lowest BCUT2D eigenvalue weighted by atomic mass is 10.0. The molecule has 0 aliphatic heterocycles. The summed E-state index contributed by atoms with van der Waals surface area (Å²) in [5.74, 6) is -0.624. The second kappa shape index (κ2) is 6.63. The van der Waals surface area contributed by atoms with Gasteiger partial charge in [0.2, 0.25) is 0 Å². The zero-order valence-electron chi connectivity index (χ0n) is 14.9. The summed E-state index contributed by atoms with van der Waals surface area (Å²) >= 11 is 0. The molecule has 0 saturated carbocycles. The lowest BCUT2D eigenvalue weighted by Crippen LogP contribution is -2.44. The Kier molecular flexibility index (Phi) is 4.28. The zero-order valence-corrected chi connectivity index (χ0v) is 14.9. The Morgan fingerprint density at radius 3 is 2.44 bits per heavy atom. The predicted octanol–water partition coefficient (Wildman–Crippen LogP) is 2.49. The van der Waals surface area contributed by atoms with Gasteiger partial charge in [-0.1, -0.05) is 24.3 Å². The van der Waals surface area contributed by atoms with Crippen LogP contribution in [-0.4, -0.2) is 32.9 Å². The third kappa shape index (κ3) is 3.48. The average Bonchev–Trinajstić information content (AvgIpc) is 3.20. The maximum Gasteiger partial charge on any atom is 0.269 e. The van der Waals surface area contributed by atoms with Crippen LogP contribution in [0.4, 0.5) is 4.39 Å². The van der Waals surface area contributed by atoms with E-state index in [0.717, 1.165) is 16.7 Å². The number of benzene rings is 2. The number of carbonyl (C=O) groups excluding carboxylic acids is 1. The molecule has 2 N–H and O–H groups in total. The van der Waals surface area contributed by atoms with Gasteiger partial charge in [0, 0.05) is 32.0 Å². The molecule has 0 atom stereocenters. The number of amides is 1. The lowest BCUT2D eigenvalue weighted by Gasteiger charge is -2.22. The second-order valence-corrected chi connectivity index (χ2v) is 7.07. The lowest BCUT2D eigenvalue weighted by molar-refractivity contribution is 0.0477. The van der Waals surface area contributed by atoms with Gasteiger partial charge >= 0.3 is 0 Å². The molecule has 6 heteroatoms. The van der Waals surface area contributed by atoms with E-state index in [2.05, 4.69) is 10.4 Å². The van der Waals surface area contributed by atoms with Crippen molar-refractivity contribution in [2.45, 2.75) is 18.4 Å². The van der Waals surface area contributed by atoms with Gasteiger partial charge in [-0.15, -0.1) is 0 Å². The number of aromatic nitrogens is 2. The van der Waals surface area contributed by atoms with Crippen molar-refractivity contribution in [2.24, 2.45) is 7.05 Å². The van der Waals surface area contributed by atoms with Crippen LogP contribution in [0.15, 0.2) is 54.6 Å². The summed E-state index contributed by atoms with van der Waals surface area (Å²) in [6.07, 6.45) is 1.05. The maximum absolute atomic E-state index is 13.1. The first-order valence-electron chi connectivity index (χ1n) is 8.81. The number of hydrogen-bond acceptors (Lipinski definition) is 3. The van der Waals surface area contributed by atoms with Crippen molar-refractivity contribution in [3.8, 4) is 11.3 Å². The number of nitrogens with one attached hydrogen (secondary N) is 1. The van der Waals surface area contributed by atoms with E-state index in [1.54, 1.807) is 25.2 Å². The topological polar surface area (TPSA) is 67.2 Å². The summed E-state index contributed by atoms with van der Waals surface area (Å²) in [4.78, 5) is 12.6. The minimum Gasteiger partial charge on any atom is -0.387 e. The average molecular weight is 365 g/mol. The molecule has 1 amide bonds. The van der Waals surface area contributed by atoms with Gasteiger partial charge in [0.25, 0.3) is 5.91 Å². The molecule has 1 heterocycles.